The first kappa shape index (κ1) is 19.8. The Morgan fingerprint density at radius 2 is 1.69 bits per heavy atom. The van der Waals surface area contributed by atoms with Crippen molar-refractivity contribution in [2.45, 2.75) is 13.0 Å². The zero-order chi connectivity index (χ0) is 20.1. The fraction of sp³-hybridized carbons (Fsp3) is 0.304. The zero-order valence-corrected chi connectivity index (χ0v) is 17.0. The van der Waals surface area contributed by atoms with E-state index in [1.165, 1.54) is 0 Å². The van der Waals surface area contributed by atoms with Gasteiger partial charge in [0.2, 0.25) is 0 Å². The van der Waals surface area contributed by atoms with Crippen LogP contribution in [0.2, 0.25) is 5.02 Å². The van der Waals surface area contributed by atoms with E-state index in [0.29, 0.717) is 17.1 Å². The van der Waals surface area contributed by atoms with Gasteiger partial charge in [0.05, 0.1) is 24.5 Å². The summed E-state index contributed by atoms with van der Waals surface area (Å²) in [5.41, 5.74) is 3.13. The maximum Gasteiger partial charge on any atom is 0.274 e. The SMILES string of the molecule is O=c1c(-c2ccccc2)cc(-c2cccc(Cl)c2)nn1CCCN1CCOCC1. The summed E-state index contributed by atoms with van der Waals surface area (Å²) in [4.78, 5) is 15.5. The second kappa shape index (κ2) is 9.35. The Labute approximate surface area is 175 Å². The van der Waals surface area contributed by atoms with Crippen molar-refractivity contribution in [2.75, 3.05) is 32.8 Å². The second-order valence-electron chi connectivity index (χ2n) is 7.16. The molecule has 1 fully saturated rings. The van der Waals surface area contributed by atoms with Crippen LogP contribution in [0.15, 0.2) is 65.5 Å². The van der Waals surface area contributed by atoms with E-state index in [1.807, 2.05) is 60.7 Å². The molecule has 0 amide bonds. The summed E-state index contributed by atoms with van der Waals surface area (Å²) in [6, 6.07) is 19.2. The molecule has 0 atom stereocenters. The Kier molecular flexibility index (Phi) is 6.39. The number of hydrogen-bond acceptors (Lipinski definition) is 4. The molecule has 2 heterocycles. The lowest BCUT2D eigenvalue weighted by Gasteiger charge is -2.26. The van der Waals surface area contributed by atoms with E-state index >= 15 is 0 Å². The first-order chi connectivity index (χ1) is 14.2. The third-order valence-corrected chi connectivity index (χ3v) is 5.36. The molecule has 0 aliphatic carbocycles. The summed E-state index contributed by atoms with van der Waals surface area (Å²) in [5.74, 6) is 0. The van der Waals surface area contributed by atoms with E-state index in [9.17, 15) is 4.79 Å². The van der Waals surface area contributed by atoms with Crippen molar-refractivity contribution in [1.82, 2.24) is 14.7 Å². The highest BCUT2D eigenvalue weighted by Crippen LogP contribution is 2.24. The molecule has 0 N–H and O–H groups in total. The van der Waals surface area contributed by atoms with Crippen molar-refractivity contribution in [2.24, 2.45) is 0 Å². The molecule has 1 aromatic heterocycles. The average molecular weight is 410 g/mol. The number of nitrogens with zero attached hydrogens (tertiary/aromatic N) is 3. The van der Waals surface area contributed by atoms with Crippen LogP contribution in [0.25, 0.3) is 22.4 Å². The number of halogens is 1. The fourth-order valence-corrected chi connectivity index (χ4v) is 3.77. The van der Waals surface area contributed by atoms with Crippen LogP contribution in [0.1, 0.15) is 6.42 Å². The van der Waals surface area contributed by atoms with Gasteiger partial charge in [-0.1, -0.05) is 54.1 Å². The molecule has 5 nitrogen and oxygen atoms in total. The van der Waals surface area contributed by atoms with Crippen LogP contribution in [0, 0.1) is 0 Å². The number of benzene rings is 2. The third-order valence-electron chi connectivity index (χ3n) is 5.13. The van der Waals surface area contributed by atoms with Gasteiger partial charge in [0, 0.05) is 36.8 Å². The molecular formula is C23H24ClN3O2. The van der Waals surface area contributed by atoms with Crippen LogP contribution >= 0.6 is 11.6 Å². The summed E-state index contributed by atoms with van der Waals surface area (Å²) in [6.45, 7) is 4.95. The van der Waals surface area contributed by atoms with E-state index in [2.05, 4.69) is 10.00 Å². The molecule has 1 aliphatic rings. The molecule has 1 aliphatic heterocycles. The molecule has 3 aromatic rings. The van der Waals surface area contributed by atoms with Gasteiger partial charge >= 0.3 is 0 Å². The lowest BCUT2D eigenvalue weighted by Crippen LogP contribution is -2.37. The molecule has 150 valence electrons. The standard InChI is InChI=1S/C23H24ClN3O2/c24-20-9-4-8-19(16-20)22-17-21(18-6-2-1-3-7-18)23(28)27(25-22)11-5-10-26-12-14-29-15-13-26/h1-4,6-9,16-17H,5,10-15H2. The molecule has 0 saturated carbocycles. The molecule has 29 heavy (non-hydrogen) atoms. The number of ether oxygens (including phenoxy) is 1. The molecule has 6 heteroatoms. The predicted octanol–water partition coefficient (Wildman–Crippen LogP) is 3.95. The minimum atomic E-state index is -0.0658. The van der Waals surface area contributed by atoms with Crippen molar-refractivity contribution >= 4 is 11.6 Å². The average Bonchev–Trinajstić information content (AvgIpc) is 2.76. The van der Waals surface area contributed by atoms with E-state index in [-0.39, 0.29) is 5.56 Å². The first-order valence-corrected chi connectivity index (χ1v) is 10.3. The van der Waals surface area contributed by atoms with Gasteiger partial charge in [-0.15, -0.1) is 0 Å². The quantitative estimate of drug-likeness (QED) is 0.618. The van der Waals surface area contributed by atoms with E-state index in [4.69, 9.17) is 16.3 Å². The number of hydrogen-bond donors (Lipinski definition) is 0. The van der Waals surface area contributed by atoms with Gasteiger partial charge in [-0.05, 0) is 30.2 Å². The minimum Gasteiger partial charge on any atom is -0.379 e. The summed E-state index contributed by atoms with van der Waals surface area (Å²) in [6.07, 6.45) is 0.861. The molecule has 0 unspecified atom stereocenters. The van der Waals surface area contributed by atoms with Crippen LogP contribution in [-0.4, -0.2) is 47.5 Å². The largest absolute Gasteiger partial charge is 0.379 e. The molecule has 0 bridgehead atoms. The van der Waals surface area contributed by atoms with Gasteiger partial charge in [-0.25, -0.2) is 4.68 Å². The van der Waals surface area contributed by atoms with Gasteiger partial charge in [0.25, 0.3) is 5.56 Å². The van der Waals surface area contributed by atoms with Gasteiger partial charge < -0.3 is 4.74 Å². The van der Waals surface area contributed by atoms with Gasteiger partial charge in [0.15, 0.2) is 0 Å². The second-order valence-corrected chi connectivity index (χ2v) is 7.59. The Balaban J connectivity index is 1.65. The predicted molar refractivity (Wildman–Crippen MR) is 116 cm³/mol. The van der Waals surface area contributed by atoms with Crippen molar-refractivity contribution in [1.29, 1.82) is 0 Å². The topological polar surface area (TPSA) is 47.4 Å². The molecule has 1 saturated heterocycles. The highest BCUT2D eigenvalue weighted by molar-refractivity contribution is 6.30. The van der Waals surface area contributed by atoms with Crippen LogP contribution < -0.4 is 5.56 Å². The Bertz CT molecular complexity index is 1010. The maximum absolute atomic E-state index is 13.1. The van der Waals surface area contributed by atoms with E-state index in [1.54, 1.807) is 4.68 Å². The van der Waals surface area contributed by atoms with E-state index in [0.717, 1.165) is 56.1 Å². The van der Waals surface area contributed by atoms with E-state index < -0.39 is 0 Å². The van der Waals surface area contributed by atoms with Crippen LogP contribution in [-0.2, 0) is 11.3 Å². The van der Waals surface area contributed by atoms with Crippen molar-refractivity contribution in [3.05, 3.63) is 76.0 Å². The molecular weight excluding hydrogens is 386 g/mol. The first-order valence-electron chi connectivity index (χ1n) is 9.94. The fourth-order valence-electron chi connectivity index (χ4n) is 3.58. The van der Waals surface area contributed by atoms with Crippen LogP contribution in [0.4, 0.5) is 0 Å². The van der Waals surface area contributed by atoms with Crippen LogP contribution in [0.5, 0.6) is 0 Å². The normalized spacial score (nSPS) is 14.8. The van der Waals surface area contributed by atoms with Crippen molar-refractivity contribution in [3.8, 4) is 22.4 Å². The molecule has 2 aromatic carbocycles. The number of aromatic nitrogens is 2. The highest BCUT2D eigenvalue weighted by Gasteiger charge is 2.14. The smallest absolute Gasteiger partial charge is 0.274 e. The van der Waals surface area contributed by atoms with Gasteiger partial charge in [-0.2, -0.15) is 5.10 Å². The number of morpholine rings is 1. The van der Waals surface area contributed by atoms with Gasteiger partial charge in [0.1, 0.15) is 0 Å². The number of aryl methyl sites for hydroxylation is 1. The van der Waals surface area contributed by atoms with Gasteiger partial charge in [-0.3, -0.25) is 9.69 Å². The summed E-state index contributed by atoms with van der Waals surface area (Å²) in [7, 11) is 0. The monoisotopic (exact) mass is 409 g/mol. The Hall–Kier alpha value is -2.47. The van der Waals surface area contributed by atoms with Crippen molar-refractivity contribution in [3.63, 3.8) is 0 Å². The summed E-state index contributed by atoms with van der Waals surface area (Å²) >= 11 is 6.18. The lowest BCUT2D eigenvalue weighted by atomic mass is 10.0. The third kappa shape index (κ3) is 4.93. The lowest BCUT2D eigenvalue weighted by molar-refractivity contribution is 0.0368. The number of rotatable bonds is 6. The van der Waals surface area contributed by atoms with Crippen molar-refractivity contribution < 1.29 is 4.74 Å². The zero-order valence-electron chi connectivity index (χ0n) is 16.3. The minimum absolute atomic E-state index is 0.0658. The summed E-state index contributed by atoms with van der Waals surface area (Å²) < 4.78 is 7.00. The molecule has 4 rings (SSSR count). The molecule has 0 spiro atoms. The highest BCUT2D eigenvalue weighted by atomic mass is 35.5. The maximum atomic E-state index is 13.1. The van der Waals surface area contributed by atoms with Crippen LogP contribution in [0.3, 0.4) is 0 Å². The molecule has 0 radical (unpaired) electrons. The Morgan fingerprint density at radius 1 is 0.931 bits per heavy atom. The summed E-state index contributed by atoms with van der Waals surface area (Å²) in [5, 5.41) is 5.30. The Morgan fingerprint density at radius 3 is 2.45 bits per heavy atom.